The topological polar surface area (TPSA) is 71.5 Å². The van der Waals surface area contributed by atoms with E-state index in [1.807, 2.05) is 86.0 Å². The average Bonchev–Trinajstić information content (AvgIpc) is 3.31. The summed E-state index contributed by atoms with van der Waals surface area (Å²) in [6.45, 7) is 3.76. The number of benzene rings is 3. The second-order valence-electron chi connectivity index (χ2n) is 8.28. The van der Waals surface area contributed by atoms with Crippen molar-refractivity contribution in [1.82, 2.24) is 4.98 Å². The highest BCUT2D eigenvalue weighted by Gasteiger charge is 2.28. The molecule has 0 saturated carbocycles. The molecule has 7 heteroatoms. The van der Waals surface area contributed by atoms with Crippen LogP contribution in [0.3, 0.4) is 0 Å². The van der Waals surface area contributed by atoms with E-state index in [0.29, 0.717) is 17.1 Å². The number of nitrogens with one attached hydrogen (secondary N) is 1. The third kappa shape index (κ3) is 4.56. The van der Waals surface area contributed by atoms with E-state index in [2.05, 4.69) is 5.32 Å². The SMILES string of the molecule is Cc1cc(C)cc(NC(=O)CN2C(=O)COc3ccc(-c4csc(-c5ccccc5)n4)cc32)c1. The number of aryl methyl sites for hydroxylation is 2. The van der Waals surface area contributed by atoms with Gasteiger partial charge in [-0.15, -0.1) is 11.3 Å². The maximum Gasteiger partial charge on any atom is 0.265 e. The van der Waals surface area contributed by atoms with Crippen LogP contribution in [0.4, 0.5) is 11.4 Å². The molecule has 1 aromatic heterocycles. The molecule has 1 aliphatic rings. The molecule has 1 N–H and O–H groups in total. The Bertz CT molecular complexity index is 1360. The fourth-order valence-corrected chi connectivity index (χ4v) is 4.88. The molecule has 0 radical (unpaired) electrons. The number of fused-ring (bicyclic) bond motifs is 1. The predicted octanol–water partition coefficient (Wildman–Crippen LogP) is 5.46. The highest BCUT2D eigenvalue weighted by atomic mass is 32.1. The molecule has 5 rings (SSSR count). The number of anilines is 2. The minimum Gasteiger partial charge on any atom is -0.482 e. The number of rotatable bonds is 5. The van der Waals surface area contributed by atoms with Gasteiger partial charge in [0, 0.05) is 22.2 Å². The lowest BCUT2D eigenvalue weighted by molar-refractivity contribution is -0.123. The number of amides is 2. The van der Waals surface area contributed by atoms with E-state index >= 15 is 0 Å². The molecule has 2 amide bonds. The molecule has 0 fully saturated rings. The fraction of sp³-hybridized carbons (Fsp3) is 0.148. The van der Waals surface area contributed by atoms with Crippen LogP contribution in [0.2, 0.25) is 0 Å². The van der Waals surface area contributed by atoms with Crippen LogP contribution in [0.15, 0.2) is 72.1 Å². The summed E-state index contributed by atoms with van der Waals surface area (Å²) in [5.41, 5.74) is 6.13. The molecular formula is C27H23N3O3S. The van der Waals surface area contributed by atoms with Gasteiger partial charge in [-0.05, 0) is 55.3 Å². The number of aromatic nitrogens is 1. The van der Waals surface area contributed by atoms with Crippen molar-refractivity contribution in [2.45, 2.75) is 13.8 Å². The van der Waals surface area contributed by atoms with Gasteiger partial charge in [-0.1, -0.05) is 36.4 Å². The Morgan fingerprint density at radius 3 is 2.56 bits per heavy atom. The number of thiazole rings is 1. The maximum absolute atomic E-state index is 12.8. The van der Waals surface area contributed by atoms with Gasteiger partial charge in [0.1, 0.15) is 17.3 Å². The van der Waals surface area contributed by atoms with Crippen LogP contribution >= 0.6 is 11.3 Å². The number of hydrogen-bond donors (Lipinski definition) is 1. The number of ether oxygens (including phenoxy) is 1. The van der Waals surface area contributed by atoms with Gasteiger partial charge in [0.05, 0.1) is 11.4 Å². The minimum atomic E-state index is -0.267. The first-order valence-corrected chi connectivity index (χ1v) is 11.8. The van der Waals surface area contributed by atoms with Gasteiger partial charge in [0.25, 0.3) is 5.91 Å². The normalized spacial score (nSPS) is 12.8. The second-order valence-corrected chi connectivity index (χ2v) is 9.14. The molecule has 170 valence electrons. The maximum atomic E-state index is 12.8. The van der Waals surface area contributed by atoms with E-state index in [1.165, 1.54) is 4.90 Å². The van der Waals surface area contributed by atoms with E-state index in [9.17, 15) is 9.59 Å². The van der Waals surface area contributed by atoms with Crippen LogP contribution in [0, 0.1) is 13.8 Å². The van der Waals surface area contributed by atoms with Gasteiger partial charge in [0.15, 0.2) is 6.61 Å². The van der Waals surface area contributed by atoms with E-state index in [0.717, 1.165) is 33.0 Å². The van der Waals surface area contributed by atoms with Crippen molar-refractivity contribution in [2.24, 2.45) is 0 Å². The first kappa shape index (κ1) is 21.9. The van der Waals surface area contributed by atoms with Crippen LogP contribution in [-0.2, 0) is 9.59 Å². The number of nitrogens with zero attached hydrogens (tertiary/aromatic N) is 2. The molecule has 0 atom stereocenters. The van der Waals surface area contributed by atoms with Crippen molar-refractivity contribution in [2.75, 3.05) is 23.4 Å². The molecule has 4 aromatic rings. The molecule has 0 bridgehead atoms. The summed E-state index contributed by atoms with van der Waals surface area (Å²) < 4.78 is 5.62. The number of hydrogen-bond acceptors (Lipinski definition) is 5. The lowest BCUT2D eigenvalue weighted by atomic mass is 10.1. The van der Waals surface area contributed by atoms with Gasteiger partial charge in [-0.3, -0.25) is 14.5 Å². The first-order valence-electron chi connectivity index (χ1n) is 10.9. The third-order valence-corrected chi connectivity index (χ3v) is 6.42. The Kier molecular flexibility index (Phi) is 5.86. The number of carbonyl (C=O) groups excluding carboxylic acids is 2. The van der Waals surface area contributed by atoms with Gasteiger partial charge >= 0.3 is 0 Å². The highest BCUT2D eigenvalue weighted by molar-refractivity contribution is 7.13. The summed E-state index contributed by atoms with van der Waals surface area (Å²) in [4.78, 5) is 31.8. The first-order chi connectivity index (χ1) is 16.5. The molecule has 0 saturated heterocycles. The van der Waals surface area contributed by atoms with Crippen molar-refractivity contribution in [1.29, 1.82) is 0 Å². The summed E-state index contributed by atoms with van der Waals surface area (Å²) in [5.74, 6) is 0.0427. The van der Waals surface area contributed by atoms with E-state index in [-0.39, 0.29) is 25.0 Å². The predicted molar refractivity (Wildman–Crippen MR) is 135 cm³/mol. The summed E-state index contributed by atoms with van der Waals surface area (Å²) >= 11 is 1.56. The second kappa shape index (κ2) is 9.11. The summed E-state index contributed by atoms with van der Waals surface area (Å²) in [5, 5.41) is 5.82. The van der Waals surface area contributed by atoms with E-state index < -0.39 is 0 Å². The molecular weight excluding hydrogens is 446 g/mol. The van der Waals surface area contributed by atoms with Gasteiger partial charge < -0.3 is 10.1 Å². The zero-order valence-corrected chi connectivity index (χ0v) is 19.7. The Labute approximate surface area is 201 Å². The molecule has 34 heavy (non-hydrogen) atoms. The Balaban J connectivity index is 1.40. The van der Waals surface area contributed by atoms with Gasteiger partial charge in [0.2, 0.25) is 5.91 Å². The Morgan fingerprint density at radius 2 is 1.79 bits per heavy atom. The Hall–Kier alpha value is -3.97. The van der Waals surface area contributed by atoms with Crippen molar-refractivity contribution in [3.8, 4) is 27.6 Å². The molecule has 3 aromatic carbocycles. The van der Waals surface area contributed by atoms with Crippen LogP contribution in [0.25, 0.3) is 21.8 Å². The van der Waals surface area contributed by atoms with Crippen LogP contribution < -0.4 is 15.0 Å². The van der Waals surface area contributed by atoms with E-state index in [1.54, 1.807) is 11.3 Å². The van der Waals surface area contributed by atoms with Crippen LogP contribution in [-0.4, -0.2) is 29.9 Å². The largest absolute Gasteiger partial charge is 0.482 e. The van der Waals surface area contributed by atoms with Crippen LogP contribution in [0.1, 0.15) is 11.1 Å². The monoisotopic (exact) mass is 469 g/mol. The molecule has 2 heterocycles. The lowest BCUT2D eigenvalue weighted by Crippen LogP contribution is -2.43. The summed E-state index contributed by atoms with van der Waals surface area (Å²) in [6.07, 6.45) is 0. The van der Waals surface area contributed by atoms with Crippen molar-refractivity contribution in [3.63, 3.8) is 0 Å². The van der Waals surface area contributed by atoms with Crippen molar-refractivity contribution in [3.05, 3.63) is 83.2 Å². The fourth-order valence-electron chi connectivity index (χ4n) is 4.05. The summed E-state index contributed by atoms with van der Waals surface area (Å²) in [7, 11) is 0. The zero-order valence-electron chi connectivity index (χ0n) is 18.9. The average molecular weight is 470 g/mol. The number of carbonyl (C=O) groups is 2. The van der Waals surface area contributed by atoms with Crippen LogP contribution in [0.5, 0.6) is 5.75 Å². The quantitative estimate of drug-likeness (QED) is 0.421. The third-order valence-electron chi connectivity index (χ3n) is 5.53. The molecule has 0 spiro atoms. The molecule has 1 aliphatic heterocycles. The van der Waals surface area contributed by atoms with Gasteiger partial charge in [-0.2, -0.15) is 0 Å². The zero-order chi connectivity index (χ0) is 23.7. The smallest absolute Gasteiger partial charge is 0.265 e. The Morgan fingerprint density at radius 1 is 1.03 bits per heavy atom. The highest BCUT2D eigenvalue weighted by Crippen LogP contribution is 2.37. The van der Waals surface area contributed by atoms with E-state index in [4.69, 9.17) is 9.72 Å². The van der Waals surface area contributed by atoms with Crippen molar-refractivity contribution < 1.29 is 14.3 Å². The molecule has 6 nitrogen and oxygen atoms in total. The van der Waals surface area contributed by atoms with Gasteiger partial charge in [-0.25, -0.2) is 4.98 Å². The van der Waals surface area contributed by atoms with Crippen molar-refractivity contribution >= 4 is 34.5 Å². The minimum absolute atomic E-state index is 0.0992. The molecule has 0 unspecified atom stereocenters. The lowest BCUT2D eigenvalue weighted by Gasteiger charge is -2.29. The standard InChI is InChI=1S/C27H23N3O3S/c1-17-10-18(2)12-21(11-17)28-25(31)14-30-23-13-20(8-9-24(23)33-15-26(30)32)22-16-34-27(29-22)19-6-4-3-5-7-19/h3-13,16H,14-15H2,1-2H3,(H,28,31). The summed E-state index contributed by atoms with van der Waals surface area (Å²) in [6, 6.07) is 21.5. The molecule has 0 aliphatic carbocycles.